The Kier molecular flexibility index (Phi) is 4.80. The maximum atomic E-state index is 7.94. The first-order chi connectivity index (χ1) is 12.3. The fourth-order valence-electron chi connectivity index (χ4n) is 4.86. The van der Waals surface area contributed by atoms with Crippen molar-refractivity contribution in [3.63, 3.8) is 0 Å². The second-order valence-electron chi connectivity index (χ2n) is 8.19. The minimum atomic E-state index is -4.30. The summed E-state index contributed by atoms with van der Waals surface area (Å²) in [4.78, 5) is 0. The van der Waals surface area contributed by atoms with Crippen LogP contribution in [0.3, 0.4) is 0 Å². The van der Waals surface area contributed by atoms with Gasteiger partial charge < -0.3 is 0 Å². The molecule has 0 amide bonds. The third kappa shape index (κ3) is 2.64. The van der Waals surface area contributed by atoms with Crippen LogP contribution < -0.4 is 0 Å². The van der Waals surface area contributed by atoms with Gasteiger partial charge in [0.2, 0.25) is 0 Å². The Morgan fingerprint density at radius 1 is 0.808 bits per heavy atom. The van der Waals surface area contributed by atoms with E-state index in [4.69, 9.17) is 17.0 Å². The fraction of sp³-hybridized carbons (Fsp3) is 0.273. The number of hydrogen-bond acceptors (Lipinski definition) is 0. The molecule has 26 heavy (non-hydrogen) atoms. The molecule has 2 aromatic rings. The molecule has 3 unspecified atom stereocenters. The van der Waals surface area contributed by atoms with E-state index in [0.29, 0.717) is 5.54 Å². The molecule has 135 valence electrons. The van der Waals surface area contributed by atoms with E-state index in [9.17, 15) is 0 Å². The van der Waals surface area contributed by atoms with Crippen molar-refractivity contribution < 1.29 is 15.6 Å². The molecule has 2 aliphatic rings. The van der Waals surface area contributed by atoms with Crippen molar-refractivity contribution >= 4 is 35.1 Å². The summed E-state index contributed by atoms with van der Waals surface area (Å²) in [5.74, 6) is -1.41. The number of rotatable bonds is 4. The van der Waals surface area contributed by atoms with E-state index in [0.717, 1.165) is 0 Å². The molecule has 0 fully saturated rings. The molecule has 0 heterocycles. The van der Waals surface area contributed by atoms with E-state index >= 15 is 0 Å². The van der Waals surface area contributed by atoms with Gasteiger partial charge in [-0.2, -0.15) is 0 Å². The molecule has 0 aromatic heterocycles. The molecular formula is C22H25Cl2SiZr. The normalized spacial score (nSPS) is 23.5. The monoisotopic (exact) mass is 477 g/mol. The van der Waals surface area contributed by atoms with Gasteiger partial charge in [-0.05, 0) is 0 Å². The van der Waals surface area contributed by atoms with Crippen LogP contribution in [0.5, 0.6) is 0 Å². The van der Waals surface area contributed by atoms with Crippen molar-refractivity contribution in [1.82, 2.24) is 0 Å². The van der Waals surface area contributed by atoms with Crippen molar-refractivity contribution in [2.45, 2.75) is 33.2 Å². The van der Waals surface area contributed by atoms with Crippen molar-refractivity contribution in [1.29, 1.82) is 0 Å². The summed E-state index contributed by atoms with van der Waals surface area (Å²) in [5, 5.41) is 0. The summed E-state index contributed by atoms with van der Waals surface area (Å²) in [6.07, 6.45) is 9.14. The molecule has 4 rings (SSSR count). The Labute approximate surface area is 165 Å². The Morgan fingerprint density at radius 3 is 1.65 bits per heavy atom. The molecule has 0 nitrogen and oxygen atoms in total. The summed E-state index contributed by atoms with van der Waals surface area (Å²) in [7, 11) is 15.9. The number of benzene rings is 2. The van der Waals surface area contributed by atoms with Gasteiger partial charge in [0, 0.05) is 0 Å². The predicted octanol–water partition coefficient (Wildman–Crippen LogP) is 7.28. The number of hydrogen-bond donors (Lipinski definition) is 0. The first-order valence-electron chi connectivity index (χ1n) is 9.45. The van der Waals surface area contributed by atoms with Gasteiger partial charge in [-0.3, -0.25) is 0 Å². The van der Waals surface area contributed by atoms with Crippen LogP contribution in [0.1, 0.15) is 43.4 Å². The van der Waals surface area contributed by atoms with Gasteiger partial charge in [0.15, 0.2) is 0 Å². The third-order valence-electron chi connectivity index (χ3n) is 6.66. The van der Waals surface area contributed by atoms with Crippen molar-refractivity contribution in [2.75, 3.05) is 0 Å². The number of fused-ring (bicyclic) bond motifs is 2. The SMILES string of the molecule is CC(C)[SiH](C)[Zr]([Cl])([Cl])([CH]1C=Cc2ccccc21)[CH]1C=Cc2ccccc21. The van der Waals surface area contributed by atoms with E-state index in [-0.39, 0.29) is 7.25 Å². The number of halogens is 2. The molecule has 0 bridgehead atoms. The van der Waals surface area contributed by atoms with Gasteiger partial charge in [0.1, 0.15) is 0 Å². The molecular weight excluding hydrogens is 454 g/mol. The molecule has 0 saturated heterocycles. The van der Waals surface area contributed by atoms with Crippen LogP contribution in [0, 0.1) is 0 Å². The summed E-state index contributed by atoms with van der Waals surface area (Å²) in [5.41, 5.74) is 5.86. The van der Waals surface area contributed by atoms with Crippen LogP contribution in [0.25, 0.3) is 12.2 Å². The third-order valence-corrected chi connectivity index (χ3v) is 58.5. The predicted molar refractivity (Wildman–Crippen MR) is 116 cm³/mol. The summed E-state index contributed by atoms with van der Waals surface area (Å²) in [6.45, 7) is 7.08. The van der Waals surface area contributed by atoms with Crippen LogP contribution in [0.4, 0.5) is 0 Å². The molecule has 0 radical (unpaired) electrons. The summed E-state index contributed by atoms with van der Waals surface area (Å²) in [6, 6.07) is 17.3. The van der Waals surface area contributed by atoms with E-state index < -0.39 is 21.5 Å². The Morgan fingerprint density at radius 2 is 1.23 bits per heavy atom. The average Bonchev–Trinajstić information content (AvgIpc) is 3.26. The standard InChI is InChI=1S/2C9H7.C4H11Si.2ClH.Zr/c2*1-2-5-9-7-3-6-8(9)4-1;1-4(2)5-3;;;/h2*1-7H;4-5H,1-3H3;2*1H;/q;;;;;+2/p-2. The number of allylic oxidation sites excluding steroid dienone is 2. The van der Waals surface area contributed by atoms with E-state index in [2.05, 4.69) is 93.2 Å². The van der Waals surface area contributed by atoms with Crippen LogP contribution in [0.2, 0.25) is 12.1 Å². The molecule has 2 aliphatic carbocycles. The van der Waals surface area contributed by atoms with Crippen LogP contribution in [0.15, 0.2) is 60.7 Å². The Hall–Kier alpha value is -0.400. The van der Waals surface area contributed by atoms with Gasteiger partial charge in [0.05, 0.1) is 0 Å². The Bertz CT molecular complexity index is 850. The topological polar surface area (TPSA) is 0 Å². The molecule has 2 aromatic carbocycles. The maximum absolute atomic E-state index is 7.94. The van der Waals surface area contributed by atoms with Crippen LogP contribution in [-0.4, -0.2) is 5.92 Å². The van der Waals surface area contributed by atoms with Gasteiger partial charge in [-0.1, -0.05) is 0 Å². The molecule has 4 heteroatoms. The molecule has 0 spiro atoms. The van der Waals surface area contributed by atoms with Crippen LogP contribution >= 0.6 is 17.0 Å². The molecule has 0 saturated carbocycles. The average molecular weight is 480 g/mol. The fourth-order valence-corrected chi connectivity index (χ4v) is 49.3. The Balaban J connectivity index is 1.94. The van der Waals surface area contributed by atoms with Crippen molar-refractivity contribution in [3.05, 3.63) is 82.9 Å². The second kappa shape index (κ2) is 6.59. The quantitative estimate of drug-likeness (QED) is 0.404. The summed E-state index contributed by atoms with van der Waals surface area (Å²) >= 11 is -4.30. The first-order valence-corrected chi connectivity index (χ1v) is 25.3. The van der Waals surface area contributed by atoms with Gasteiger partial charge >= 0.3 is 167 Å². The van der Waals surface area contributed by atoms with Gasteiger partial charge in [0.25, 0.3) is 0 Å². The van der Waals surface area contributed by atoms with Gasteiger partial charge in [-0.25, -0.2) is 0 Å². The van der Waals surface area contributed by atoms with E-state index in [1.54, 1.807) is 0 Å². The first kappa shape index (κ1) is 18.9. The van der Waals surface area contributed by atoms with Crippen molar-refractivity contribution in [2.24, 2.45) is 0 Å². The van der Waals surface area contributed by atoms with Crippen molar-refractivity contribution in [3.8, 4) is 0 Å². The van der Waals surface area contributed by atoms with E-state index in [1.165, 1.54) is 22.3 Å². The molecule has 0 N–H and O–H groups in total. The minimum absolute atomic E-state index is 0.209. The van der Waals surface area contributed by atoms with E-state index in [1.807, 2.05) is 0 Å². The van der Waals surface area contributed by atoms with Crippen LogP contribution in [-0.2, 0) is 15.6 Å². The summed E-state index contributed by atoms with van der Waals surface area (Å²) < 4.78 is 0.418. The molecule has 0 aliphatic heterocycles. The molecule has 3 atom stereocenters. The zero-order valence-electron chi connectivity index (χ0n) is 15.5. The van der Waals surface area contributed by atoms with Gasteiger partial charge in [-0.15, -0.1) is 0 Å². The zero-order chi connectivity index (χ0) is 18.6. The zero-order valence-corrected chi connectivity index (χ0v) is 20.6. The second-order valence-corrected chi connectivity index (χ2v) is 49.7.